The number of carbonyl (C=O) groups excluding carboxylic acids is 2. The molecule has 0 aromatic carbocycles. The Morgan fingerprint density at radius 2 is 1.88 bits per heavy atom. The lowest BCUT2D eigenvalue weighted by molar-refractivity contribution is -0.123. The number of aryl methyl sites for hydroxylation is 1. The second-order valence-electron chi connectivity index (χ2n) is 8.30. The average molecular weight is 509 g/mol. The smallest absolute Gasteiger partial charge is 0.322 e. The van der Waals surface area contributed by atoms with E-state index in [4.69, 9.17) is 16.3 Å². The molecule has 11 nitrogen and oxygen atoms in total. The van der Waals surface area contributed by atoms with Gasteiger partial charge in [0.25, 0.3) is 5.91 Å². The van der Waals surface area contributed by atoms with Crippen LogP contribution in [-0.2, 0) is 21.2 Å². The van der Waals surface area contributed by atoms with Crippen molar-refractivity contribution in [3.8, 4) is 5.88 Å². The Balaban J connectivity index is 1.37. The first-order valence-electron chi connectivity index (χ1n) is 10.9. The lowest BCUT2D eigenvalue weighted by Crippen LogP contribution is -2.55. The van der Waals surface area contributed by atoms with Crippen molar-refractivity contribution in [2.24, 2.45) is 0 Å². The normalized spacial score (nSPS) is 21.8. The van der Waals surface area contributed by atoms with Crippen LogP contribution in [0.3, 0.4) is 0 Å². The number of amides is 3. The molecule has 4 heterocycles. The summed E-state index contributed by atoms with van der Waals surface area (Å²) in [6, 6.07) is 4.34. The van der Waals surface area contributed by atoms with Gasteiger partial charge in [-0.05, 0) is 37.8 Å². The van der Waals surface area contributed by atoms with Gasteiger partial charge in [-0.25, -0.2) is 32.5 Å². The number of imide groups is 1. The van der Waals surface area contributed by atoms with Gasteiger partial charge in [-0.15, -0.1) is 0 Å². The van der Waals surface area contributed by atoms with E-state index in [9.17, 15) is 18.0 Å². The van der Waals surface area contributed by atoms with E-state index in [0.717, 1.165) is 0 Å². The van der Waals surface area contributed by atoms with Gasteiger partial charge in [0.05, 0.1) is 10.8 Å². The average Bonchev–Trinajstić information content (AvgIpc) is 3.08. The number of rotatable bonds is 9. The van der Waals surface area contributed by atoms with Crippen molar-refractivity contribution in [1.29, 1.82) is 0 Å². The molecule has 0 radical (unpaired) electrons. The fourth-order valence-electron chi connectivity index (χ4n) is 4.12. The first-order chi connectivity index (χ1) is 16.3. The summed E-state index contributed by atoms with van der Waals surface area (Å²) in [6.45, 7) is 0.480. The highest BCUT2D eigenvalue weighted by atomic mass is 35.5. The largest absolute Gasteiger partial charge is 0.474 e. The first kappa shape index (κ1) is 24.3. The third-order valence-electron chi connectivity index (χ3n) is 5.85. The molecule has 2 aromatic heterocycles. The van der Waals surface area contributed by atoms with Crippen LogP contribution in [0.15, 0.2) is 36.8 Å². The monoisotopic (exact) mass is 508 g/mol. The fourth-order valence-corrected chi connectivity index (χ4v) is 6.15. The van der Waals surface area contributed by atoms with E-state index in [0.29, 0.717) is 42.4 Å². The zero-order valence-electron chi connectivity index (χ0n) is 18.3. The Bertz CT molecular complexity index is 1130. The van der Waals surface area contributed by atoms with Crippen molar-refractivity contribution in [2.75, 3.05) is 18.8 Å². The van der Waals surface area contributed by atoms with Crippen molar-refractivity contribution in [2.45, 2.75) is 43.7 Å². The summed E-state index contributed by atoms with van der Waals surface area (Å²) >= 11 is 5.83. The minimum atomic E-state index is -3.84. The molecule has 1 atom stereocenters. The van der Waals surface area contributed by atoms with Crippen LogP contribution < -0.4 is 15.4 Å². The quantitative estimate of drug-likeness (QED) is 0.482. The molecule has 2 saturated heterocycles. The van der Waals surface area contributed by atoms with E-state index in [1.54, 1.807) is 30.6 Å². The molecule has 2 aliphatic rings. The number of urea groups is 1. The second-order valence-corrected chi connectivity index (χ2v) is 10.7. The predicted molar refractivity (Wildman–Crippen MR) is 123 cm³/mol. The van der Waals surface area contributed by atoms with Crippen LogP contribution in [0, 0.1) is 0 Å². The number of ether oxygens (including phenoxy) is 1. The van der Waals surface area contributed by atoms with Crippen LogP contribution in [0.4, 0.5) is 4.79 Å². The van der Waals surface area contributed by atoms with Crippen molar-refractivity contribution in [3.05, 3.63) is 47.6 Å². The van der Waals surface area contributed by atoms with Gasteiger partial charge < -0.3 is 10.1 Å². The highest BCUT2D eigenvalue weighted by molar-refractivity contribution is 7.89. The van der Waals surface area contributed by atoms with Gasteiger partial charge >= 0.3 is 6.03 Å². The lowest BCUT2D eigenvalue weighted by Gasteiger charge is -2.34. The summed E-state index contributed by atoms with van der Waals surface area (Å²) in [7, 11) is -3.84. The van der Waals surface area contributed by atoms with Crippen LogP contribution in [-0.4, -0.2) is 70.1 Å². The van der Waals surface area contributed by atoms with Gasteiger partial charge in [0.2, 0.25) is 15.9 Å². The molecule has 2 aliphatic heterocycles. The van der Waals surface area contributed by atoms with Gasteiger partial charge in [0.1, 0.15) is 17.5 Å². The lowest BCUT2D eigenvalue weighted by atomic mass is 9.95. The van der Waals surface area contributed by atoms with Crippen molar-refractivity contribution in [3.63, 3.8) is 0 Å². The maximum absolute atomic E-state index is 13.2. The standard InChI is InChI=1S/C21H25ClN6O5S/c22-15-4-5-18(25-13-15)33-16-6-11-28(12-7-16)34(31,32)14-21(19(29)26-20(30)27-21)8-1-3-17-23-9-2-10-24-17/h2,4-5,9-10,13,16H,1,3,6-8,11-12,14H2,(H2,26,27,29,30). The number of nitrogens with one attached hydrogen (secondary N) is 2. The molecular formula is C21H25ClN6O5S. The number of pyridine rings is 1. The van der Waals surface area contributed by atoms with Gasteiger partial charge in [0, 0.05) is 44.2 Å². The van der Waals surface area contributed by atoms with Crippen molar-refractivity contribution >= 4 is 33.6 Å². The minimum Gasteiger partial charge on any atom is -0.474 e. The molecular weight excluding hydrogens is 484 g/mol. The minimum absolute atomic E-state index is 0.143. The third-order valence-corrected chi connectivity index (χ3v) is 8.08. The number of hydrogen-bond donors (Lipinski definition) is 2. The van der Waals surface area contributed by atoms with Gasteiger partial charge in [-0.3, -0.25) is 10.1 Å². The SMILES string of the molecule is O=C1NC(=O)C(CCCc2ncccn2)(CS(=O)(=O)N2CCC(Oc3ccc(Cl)cn3)CC2)N1. The molecule has 1 unspecified atom stereocenters. The van der Waals surface area contributed by atoms with Gasteiger partial charge in [-0.1, -0.05) is 11.6 Å². The van der Waals surface area contributed by atoms with E-state index in [-0.39, 0.29) is 25.6 Å². The first-order valence-corrected chi connectivity index (χ1v) is 12.9. The molecule has 0 aliphatic carbocycles. The Labute approximate surface area is 202 Å². The fraction of sp³-hybridized carbons (Fsp3) is 0.476. The highest BCUT2D eigenvalue weighted by Gasteiger charge is 2.50. The molecule has 0 spiro atoms. The molecule has 0 saturated carbocycles. The molecule has 0 bridgehead atoms. The van der Waals surface area contributed by atoms with Crippen LogP contribution in [0.2, 0.25) is 5.02 Å². The van der Waals surface area contributed by atoms with Gasteiger partial charge in [0.15, 0.2) is 0 Å². The summed E-state index contributed by atoms with van der Waals surface area (Å²) in [6.07, 6.45) is 6.50. The van der Waals surface area contributed by atoms with E-state index in [2.05, 4.69) is 25.6 Å². The highest BCUT2D eigenvalue weighted by Crippen LogP contribution is 2.26. The number of piperidine rings is 1. The van der Waals surface area contributed by atoms with Crippen molar-refractivity contribution < 1.29 is 22.7 Å². The maximum atomic E-state index is 13.2. The summed E-state index contributed by atoms with van der Waals surface area (Å²) in [5.74, 6) is -0.140. The molecule has 2 fully saturated rings. The Morgan fingerprint density at radius 1 is 1.15 bits per heavy atom. The Hall–Kier alpha value is -2.83. The molecule has 2 N–H and O–H groups in total. The number of nitrogens with zero attached hydrogens (tertiary/aromatic N) is 4. The summed E-state index contributed by atoms with van der Waals surface area (Å²) in [5.41, 5.74) is -1.54. The Morgan fingerprint density at radius 3 is 2.50 bits per heavy atom. The molecule has 4 rings (SSSR count). The zero-order valence-corrected chi connectivity index (χ0v) is 19.9. The van der Waals surface area contributed by atoms with E-state index in [1.807, 2.05) is 0 Å². The van der Waals surface area contributed by atoms with E-state index >= 15 is 0 Å². The summed E-state index contributed by atoms with van der Waals surface area (Å²) in [4.78, 5) is 36.9. The molecule has 3 amide bonds. The molecule has 2 aromatic rings. The predicted octanol–water partition coefficient (Wildman–Crippen LogP) is 1.30. The maximum Gasteiger partial charge on any atom is 0.322 e. The molecule has 34 heavy (non-hydrogen) atoms. The Kier molecular flexibility index (Phi) is 7.29. The van der Waals surface area contributed by atoms with Gasteiger partial charge in [-0.2, -0.15) is 0 Å². The third kappa shape index (κ3) is 5.80. The second kappa shape index (κ2) is 10.2. The number of halogens is 1. The topological polar surface area (TPSA) is 143 Å². The summed E-state index contributed by atoms with van der Waals surface area (Å²) in [5, 5.41) is 5.24. The molecule has 13 heteroatoms. The van der Waals surface area contributed by atoms with Crippen LogP contribution in [0.5, 0.6) is 5.88 Å². The van der Waals surface area contributed by atoms with E-state index < -0.39 is 33.3 Å². The molecule has 182 valence electrons. The number of hydrogen-bond acceptors (Lipinski definition) is 8. The van der Waals surface area contributed by atoms with Crippen LogP contribution >= 0.6 is 11.6 Å². The number of carbonyl (C=O) groups is 2. The zero-order chi connectivity index (χ0) is 24.2. The van der Waals surface area contributed by atoms with Crippen molar-refractivity contribution in [1.82, 2.24) is 29.9 Å². The van der Waals surface area contributed by atoms with Crippen LogP contribution in [0.25, 0.3) is 0 Å². The number of sulfonamides is 1. The van der Waals surface area contributed by atoms with E-state index in [1.165, 1.54) is 10.5 Å². The van der Waals surface area contributed by atoms with Crippen LogP contribution in [0.1, 0.15) is 31.5 Å². The summed E-state index contributed by atoms with van der Waals surface area (Å²) < 4.78 is 33.6. The number of aromatic nitrogens is 3.